The molecule has 0 atom stereocenters. The number of aryl methyl sites for hydroxylation is 1. The van der Waals surface area contributed by atoms with Gasteiger partial charge in [0, 0.05) is 5.56 Å². The molecule has 0 unspecified atom stereocenters. The van der Waals surface area contributed by atoms with E-state index in [1.54, 1.807) is 6.07 Å². The number of rotatable bonds is 3. The fraction of sp³-hybridized carbons (Fsp3) is 0.417. The molecule has 1 heterocycles. The minimum Gasteiger partial charge on any atom is -0.486 e. The molecule has 16 heavy (non-hydrogen) atoms. The molecule has 4 heteroatoms. The first kappa shape index (κ1) is 11.0. The van der Waals surface area contributed by atoms with Gasteiger partial charge in [-0.3, -0.25) is 4.79 Å². The van der Waals surface area contributed by atoms with E-state index >= 15 is 0 Å². The predicted molar refractivity (Wildman–Crippen MR) is 60.2 cm³/mol. The van der Waals surface area contributed by atoms with Gasteiger partial charge in [-0.25, -0.2) is 0 Å². The molecular weight excluding hydrogens is 206 g/mol. The van der Waals surface area contributed by atoms with E-state index in [-0.39, 0.29) is 12.3 Å². The Morgan fingerprint density at radius 1 is 1.31 bits per heavy atom. The summed E-state index contributed by atoms with van der Waals surface area (Å²) in [5, 5.41) is 0. The van der Waals surface area contributed by atoms with Crippen molar-refractivity contribution in [1.29, 1.82) is 0 Å². The van der Waals surface area contributed by atoms with E-state index in [0.717, 1.165) is 17.7 Å². The van der Waals surface area contributed by atoms with E-state index in [2.05, 4.69) is 0 Å². The first-order valence-electron chi connectivity index (χ1n) is 5.42. The number of ketones is 1. The molecule has 0 spiro atoms. The second kappa shape index (κ2) is 4.53. The molecule has 1 aliphatic heterocycles. The fourth-order valence-electron chi connectivity index (χ4n) is 1.79. The Kier molecular flexibility index (Phi) is 3.10. The minimum absolute atomic E-state index is 0.0205. The zero-order valence-electron chi connectivity index (χ0n) is 9.29. The van der Waals surface area contributed by atoms with Crippen LogP contribution in [0.5, 0.6) is 11.5 Å². The van der Waals surface area contributed by atoms with E-state index in [0.29, 0.717) is 24.5 Å². The topological polar surface area (TPSA) is 61.6 Å². The van der Waals surface area contributed by atoms with Crippen LogP contribution in [0.3, 0.4) is 0 Å². The van der Waals surface area contributed by atoms with Crippen LogP contribution in [0.15, 0.2) is 12.1 Å². The van der Waals surface area contributed by atoms with Crippen LogP contribution in [0.25, 0.3) is 0 Å². The van der Waals surface area contributed by atoms with Crippen molar-refractivity contribution >= 4 is 5.78 Å². The zero-order chi connectivity index (χ0) is 11.5. The summed E-state index contributed by atoms with van der Waals surface area (Å²) in [6, 6.07) is 3.61. The van der Waals surface area contributed by atoms with Crippen molar-refractivity contribution < 1.29 is 14.3 Å². The van der Waals surface area contributed by atoms with Crippen LogP contribution in [-0.2, 0) is 6.42 Å². The molecule has 0 aliphatic carbocycles. The summed E-state index contributed by atoms with van der Waals surface area (Å²) in [4.78, 5) is 11.7. The van der Waals surface area contributed by atoms with Crippen LogP contribution < -0.4 is 15.2 Å². The fourth-order valence-corrected chi connectivity index (χ4v) is 1.79. The monoisotopic (exact) mass is 221 g/mol. The van der Waals surface area contributed by atoms with Gasteiger partial charge >= 0.3 is 0 Å². The van der Waals surface area contributed by atoms with Crippen molar-refractivity contribution in [2.45, 2.75) is 13.3 Å². The third kappa shape index (κ3) is 1.88. The molecule has 4 nitrogen and oxygen atoms in total. The summed E-state index contributed by atoms with van der Waals surface area (Å²) >= 11 is 0. The van der Waals surface area contributed by atoms with Gasteiger partial charge in [-0.2, -0.15) is 0 Å². The number of fused-ring (bicyclic) bond motifs is 1. The number of benzene rings is 1. The lowest BCUT2D eigenvalue weighted by molar-refractivity contribution is 0.0999. The summed E-state index contributed by atoms with van der Waals surface area (Å²) in [5.74, 6) is 1.30. The molecule has 1 aromatic rings. The van der Waals surface area contributed by atoms with E-state index < -0.39 is 0 Å². The summed E-state index contributed by atoms with van der Waals surface area (Å²) in [7, 11) is 0. The number of carbonyl (C=O) groups is 1. The second-order valence-corrected chi connectivity index (χ2v) is 3.63. The highest BCUT2D eigenvalue weighted by atomic mass is 16.6. The van der Waals surface area contributed by atoms with E-state index in [4.69, 9.17) is 15.2 Å². The van der Waals surface area contributed by atoms with Gasteiger partial charge in [0.05, 0.1) is 6.54 Å². The SMILES string of the molecule is CCc1cc2c(cc1C(=O)CN)OCCO2. The largest absolute Gasteiger partial charge is 0.486 e. The van der Waals surface area contributed by atoms with E-state index in [1.807, 2.05) is 13.0 Å². The molecule has 0 fully saturated rings. The molecule has 0 bridgehead atoms. The number of hydrogen-bond donors (Lipinski definition) is 1. The molecule has 1 aromatic carbocycles. The Labute approximate surface area is 94.3 Å². The van der Waals surface area contributed by atoms with Crippen molar-refractivity contribution in [1.82, 2.24) is 0 Å². The molecule has 0 saturated carbocycles. The Morgan fingerprint density at radius 3 is 2.50 bits per heavy atom. The number of Topliss-reactive ketones (excluding diaryl/α,β-unsaturated/α-hetero) is 1. The van der Waals surface area contributed by atoms with Crippen molar-refractivity contribution in [2.24, 2.45) is 5.73 Å². The maximum Gasteiger partial charge on any atom is 0.176 e. The van der Waals surface area contributed by atoms with Crippen molar-refractivity contribution in [3.05, 3.63) is 23.3 Å². The molecule has 0 saturated heterocycles. The lowest BCUT2D eigenvalue weighted by Crippen LogP contribution is -2.19. The zero-order valence-corrected chi connectivity index (χ0v) is 9.29. The van der Waals surface area contributed by atoms with Gasteiger partial charge in [0.25, 0.3) is 0 Å². The Morgan fingerprint density at radius 2 is 1.94 bits per heavy atom. The molecule has 0 radical (unpaired) electrons. The molecule has 2 rings (SSSR count). The number of nitrogens with two attached hydrogens (primary N) is 1. The second-order valence-electron chi connectivity index (χ2n) is 3.63. The average molecular weight is 221 g/mol. The Hall–Kier alpha value is -1.55. The Bertz CT molecular complexity index is 415. The highest BCUT2D eigenvalue weighted by Gasteiger charge is 2.17. The van der Waals surface area contributed by atoms with Gasteiger partial charge in [-0.1, -0.05) is 6.92 Å². The molecule has 86 valence electrons. The van der Waals surface area contributed by atoms with Crippen molar-refractivity contribution in [3.8, 4) is 11.5 Å². The minimum atomic E-state index is -0.0613. The lowest BCUT2D eigenvalue weighted by atomic mass is 10.0. The first-order valence-corrected chi connectivity index (χ1v) is 5.42. The van der Waals surface area contributed by atoms with Crippen LogP contribution in [0, 0.1) is 0 Å². The van der Waals surface area contributed by atoms with Crippen LogP contribution in [0.4, 0.5) is 0 Å². The summed E-state index contributed by atoms with van der Waals surface area (Å²) < 4.78 is 10.9. The summed E-state index contributed by atoms with van der Waals surface area (Å²) in [5.41, 5.74) is 6.99. The quantitative estimate of drug-likeness (QED) is 0.778. The normalized spacial score (nSPS) is 13.6. The van der Waals surface area contributed by atoms with Gasteiger partial charge in [-0.05, 0) is 24.1 Å². The molecule has 0 amide bonds. The summed E-state index contributed by atoms with van der Waals surface area (Å²) in [6.07, 6.45) is 0.776. The highest BCUT2D eigenvalue weighted by molar-refractivity contribution is 5.99. The van der Waals surface area contributed by atoms with Gasteiger partial charge in [0.15, 0.2) is 17.3 Å². The van der Waals surface area contributed by atoms with Crippen LogP contribution in [0.1, 0.15) is 22.8 Å². The first-order chi connectivity index (χ1) is 7.76. The molecular formula is C12H15NO3. The predicted octanol–water partition coefficient (Wildman–Crippen LogP) is 1.16. The standard InChI is InChI=1S/C12H15NO3/c1-2-8-5-11-12(16-4-3-15-11)6-9(8)10(14)7-13/h5-6H,2-4,7,13H2,1H3. The van der Waals surface area contributed by atoms with Crippen LogP contribution in [-0.4, -0.2) is 25.5 Å². The average Bonchev–Trinajstić information content (AvgIpc) is 2.36. The smallest absolute Gasteiger partial charge is 0.176 e. The van der Waals surface area contributed by atoms with Crippen molar-refractivity contribution in [3.63, 3.8) is 0 Å². The van der Waals surface area contributed by atoms with Gasteiger partial charge in [0.1, 0.15) is 13.2 Å². The van der Waals surface area contributed by atoms with Gasteiger partial charge in [0.2, 0.25) is 0 Å². The highest BCUT2D eigenvalue weighted by Crippen LogP contribution is 2.33. The molecule has 1 aliphatic rings. The van der Waals surface area contributed by atoms with Crippen LogP contribution >= 0.6 is 0 Å². The van der Waals surface area contributed by atoms with E-state index in [9.17, 15) is 4.79 Å². The number of ether oxygens (including phenoxy) is 2. The maximum absolute atomic E-state index is 11.7. The van der Waals surface area contributed by atoms with Crippen LogP contribution in [0.2, 0.25) is 0 Å². The lowest BCUT2D eigenvalue weighted by Gasteiger charge is -2.20. The molecule has 0 aromatic heterocycles. The summed E-state index contributed by atoms with van der Waals surface area (Å²) in [6.45, 7) is 3.10. The van der Waals surface area contributed by atoms with Crippen molar-refractivity contribution in [2.75, 3.05) is 19.8 Å². The number of carbonyl (C=O) groups excluding carboxylic acids is 1. The maximum atomic E-state index is 11.7. The molecule has 2 N–H and O–H groups in total. The van der Waals surface area contributed by atoms with E-state index in [1.165, 1.54) is 0 Å². The van der Waals surface area contributed by atoms with Gasteiger partial charge < -0.3 is 15.2 Å². The third-order valence-corrected chi connectivity index (χ3v) is 2.63. The van der Waals surface area contributed by atoms with Gasteiger partial charge in [-0.15, -0.1) is 0 Å². The third-order valence-electron chi connectivity index (χ3n) is 2.63. The Balaban J connectivity index is 2.47. The number of hydrogen-bond acceptors (Lipinski definition) is 4.